The summed E-state index contributed by atoms with van der Waals surface area (Å²) in [5.74, 6) is -0.771. The Hall–Kier alpha value is -3.48. The first-order valence-electron chi connectivity index (χ1n) is 14.5. The van der Waals surface area contributed by atoms with E-state index in [1.807, 2.05) is 43.3 Å². The van der Waals surface area contributed by atoms with Crippen LogP contribution < -0.4 is 0 Å². The van der Waals surface area contributed by atoms with E-state index in [0.717, 1.165) is 42.3 Å². The van der Waals surface area contributed by atoms with Gasteiger partial charge < -0.3 is 19.1 Å². The second kappa shape index (κ2) is 11.9. The van der Waals surface area contributed by atoms with Gasteiger partial charge in [-0.1, -0.05) is 84.9 Å². The molecule has 3 aromatic carbocycles. The molecule has 2 heterocycles. The minimum Gasteiger partial charge on any atom is -0.466 e. The molecule has 0 amide bonds. The number of benzene rings is 3. The molecule has 2 aliphatic rings. The molecule has 2 aliphatic heterocycles. The number of piperidine rings is 1. The first-order chi connectivity index (χ1) is 19.3. The van der Waals surface area contributed by atoms with Crippen LogP contribution in [0.4, 0.5) is 0 Å². The number of quaternary nitrogens is 1. The molecule has 1 N–H and O–H groups in total. The van der Waals surface area contributed by atoms with E-state index in [4.69, 9.17) is 9.47 Å². The number of aryl methyl sites for hydroxylation is 1. The summed E-state index contributed by atoms with van der Waals surface area (Å²) >= 11 is 0. The zero-order chi connectivity index (χ0) is 28.2. The van der Waals surface area contributed by atoms with Gasteiger partial charge in [-0.15, -0.1) is 0 Å². The van der Waals surface area contributed by atoms with Gasteiger partial charge in [-0.3, -0.25) is 4.79 Å². The number of esters is 2. The average molecular weight is 543 g/mol. The van der Waals surface area contributed by atoms with E-state index in [0.29, 0.717) is 42.7 Å². The van der Waals surface area contributed by atoms with E-state index < -0.39 is 11.6 Å². The number of fused-ring (bicyclic) bond motifs is 2. The number of ether oxygens (including phenoxy) is 2. The Morgan fingerprint density at radius 3 is 2.02 bits per heavy atom. The summed E-state index contributed by atoms with van der Waals surface area (Å²) in [5.41, 5.74) is 1.57. The number of hydrogen-bond donors (Lipinski definition) is 1. The van der Waals surface area contributed by atoms with Crippen molar-refractivity contribution in [3.8, 4) is 0 Å². The van der Waals surface area contributed by atoms with Gasteiger partial charge in [0.2, 0.25) is 5.60 Å². The molecule has 2 saturated heterocycles. The predicted octanol–water partition coefficient (Wildman–Crippen LogP) is 5.30. The molecule has 0 aliphatic carbocycles. The third-order valence-electron chi connectivity index (χ3n) is 8.96. The Balaban J connectivity index is 1.28. The smallest absolute Gasteiger partial charge is 0.347 e. The standard InChI is InChI=1S/C34H40NO5/c1-3-39-32(36)20-17-25-11-10-12-26(21-25)24-35(2)29-18-19-30(35)23-31(22-29)40-33(37)34(38,27-13-6-4-7-14-27)28-15-8-5-9-16-28/h4-16,21,29-31,38H,3,17-20,22-24H2,1-2H3/q+1/t29-,30+,31+,35-. The van der Waals surface area contributed by atoms with Crippen LogP contribution >= 0.6 is 0 Å². The summed E-state index contributed by atoms with van der Waals surface area (Å²) in [6.45, 7) is 3.14. The topological polar surface area (TPSA) is 72.8 Å². The van der Waals surface area contributed by atoms with E-state index in [2.05, 4.69) is 31.3 Å². The van der Waals surface area contributed by atoms with Crippen LogP contribution in [0.2, 0.25) is 0 Å². The van der Waals surface area contributed by atoms with E-state index in [1.54, 1.807) is 24.3 Å². The fraction of sp³-hybridized carbons (Fsp3) is 0.412. The minimum absolute atomic E-state index is 0.159. The number of hydrogen-bond acceptors (Lipinski definition) is 5. The van der Waals surface area contributed by atoms with E-state index in [9.17, 15) is 14.7 Å². The molecule has 5 rings (SSSR count). The van der Waals surface area contributed by atoms with Gasteiger partial charge in [0, 0.05) is 37.7 Å². The van der Waals surface area contributed by atoms with Crippen molar-refractivity contribution < 1.29 is 28.7 Å². The van der Waals surface area contributed by atoms with Crippen molar-refractivity contribution in [1.29, 1.82) is 0 Å². The molecular formula is C34H40NO5+. The van der Waals surface area contributed by atoms with Crippen molar-refractivity contribution in [2.45, 2.75) is 75.8 Å². The molecule has 40 heavy (non-hydrogen) atoms. The predicted molar refractivity (Wildman–Crippen MR) is 153 cm³/mol. The van der Waals surface area contributed by atoms with E-state index >= 15 is 0 Å². The van der Waals surface area contributed by atoms with Crippen molar-refractivity contribution in [1.82, 2.24) is 0 Å². The molecule has 210 valence electrons. The Labute approximate surface area is 237 Å². The van der Waals surface area contributed by atoms with Gasteiger partial charge in [0.15, 0.2) is 0 Å². The average Bonchev–Trinajstić information content (AvgIpc) is 3.12. The molecule has 0 aromatic heterocycles. The maximum absolute atomic E-state index is 13.7. The largest absolute Gasteiger partial charge is 0.466 e. The molecule has 0 radical (unpaired) electrons. The van der Waals surface area contributed by atoms with Crippen molar-refractivity contribution in [2.75, 3.05) is 13.7 Å². The number of aliphatic hydroxyl groups is 1. The Kier molecular flexibility index (Phi) is 8.38. The van der Waals surface area contributed by atoms with Crippen LogP contribution in [-0.4, -0.2) is 53.4 Å². The van der Waals surface area contributed by atoms with Gasteiger partial charge >= 0.3 is 11.9 Å². The van der Waals surface area contributed by atoms with Crippen molar-refractivity contribution in [3.05, 3.63) is 107 Å². The summed E-state index contributed by atoms with van der Waals surface area (Å²) in [4.78, 5) is 25.5. The summed E-state index contributed by atoms with van der Waals surface area (Å²) in [5, 5.41) is 11.8. The molecular weight excluding hydrogens is 502 g/mol. The van der Waals surface area contributed by atoms with Crippen molar-refractivity contribution >= 4 is 11.9 Å². The lowest BCUT2D eigenvalue weighted by Crippen LogP contribution is -2.58. The second-order valence-electron chi connectivity index (χ2n) is 11.5. The van der Waals surface area contributed by atoms with E-state index in [1.165, 1.54) is 5.56 Å². The molecule has 0 saturated carbocycles. The SMILES string of the molecule is CCOC(=O)CCc1cccc(C[N@+]2(C)[C@@H]3CC[C@H]2C[C@@H](OC(=O)C(O)(c2ccccc2)c2ccccc2)C3)c1. The molecule has 0 unspecified atom stereocenters. The highest BCUT2D eigenvalue weighted by Crippen LogP contribution is 2.44. The first kappa shape index (κ1) is 28.1. The third-order valence-corrected chi connectivity index (χ3v) is 8.96. The third kappa shape index (κ3) is 5.70. The van der Waals surface area contributed by atoms with Crippen LogP contribution in [0.5, 0.6) is 0 Å². The quantitative estimate of drug-likeness (QED) is 0.278. The van der Waals surface area contributed by atoms with Gasteiger partial charge in [0.25, 0.3) is 0 Å². The van der Waals surface area contributed by atoms with Crippen molar-refractivity contribution in [2.24, 2.45) is 0 Å². The molecule has 0 spiro atoms. The van der Waals surface area contributed by atoms with Crippen LogP contribution in [0.15, 0.2) is 84.9 Å². The van der Waals surface area contributed by atoms with E-state index in [-0.39, 0.29) is 12.1 Å². The van der Waals surface area contributed by atoms with Gasteiger partial charge in [-0.05, 0) is 30.0 Å². The fourth-order valence-electron chi connectivity index (χ4n) is 6.80. The van der Waals surface area contributed by atoms with Gasteiger partial charge in [-0.2, -0.15) is 0 Å². The fourth-order valence-corrected chi connectivity index (χ4v) is 6.80. The van der Waals surface area contributed by atoms with Crippen LogP contribution in [0.25, 0.3) is 0 Å². The Morgan fingerprint density at radius 1 is 0.875 bits per heavy atom. The number of carbonyl (C=O) groups excluding carboxylic acids is 2. The maximum atomic E-state index is 13.7. The normalized spacial score (nSPS) is 23.9. The minimum atomic E-state index is -1.86. The van der Waals surface area contributed by atoms with Gasteiger partial charge in [0.05, 0.1) is 25.7 Å². The lowest BCUT2D eigenvalue weighted by atomic mass is 9.86. The zero-order valence-electron chi connectivity index (χ0n) is 23.5. The molecule has 2 bridgehead atoms. The first-order valence-corrected chi connectivity index (χ1v) is 14.5. The highest BCUT2D eigenvalue weighted by Gasteiger charge is 2.53. The van der Waals surface area contributed by atoms with Crippen LogP contribution in [0, 0.1) is 0 Å². The van der Waals surface area contributed by atoms with Crippen LogP contribution in [0.3, 0.4) is 0 Å². The maximum Gasteiger partial charge on any atom is 0.347 e. The lowest BCUT2D eigenvalue weighted by molar-refractivity contribution is -0.961. The molecule has 2 fully saturated rings. The number of nitrogens with zero attached hydrogens (tertiary/aromatic N) is 1. The molecule has 6 heteroatoms. The second-order valence-corrected chi connectivity index (χ2v) is 11.5. The van der Waals surface area contributed by atoms with Gasteiger partial charge in [0.1, 0.15) is 12.6 Å². The lowest BCUT2D eigenvalue weighted by Gasteiger charge is -2.47. The Bertz CT molecular complexity index is 1250. The summed E-state index contributed by atoms with van der Waals surface area (Å²) in [6, 6.07) is 27.4. The zero-order valence-corrected chi connectivity index (χ0v) is 23.5. The number of rotatable bonds is 10. The summed E-state index contributed by atoms with van der Waals surface area (Å²) < 4.78 is 12.2. The molecule has 6 nitrogen and oxygen atoms in total. The van der Waals surface area contributed by atoms with Crippen LogP contribution in [0.1, 0.15) is 61.3 Å². The molecule has 4 atom stereocenters. The number of carbonyl (C=O) groups is 2. The summed E-state index contributed by atoms with van der Waals surface area (Å²) in [6.07, 6.45) is 4.58. The molecule has 3 aromatic rings. The van der Waals surface area contributed by atoms with Crippen molar-refractivity contribution in [3.63, 3.8) is 0 Å². The highest BCUT2D eigenvalue weighted by atomic mass is 16.6. The van der Waals surface area contributed by atoms with Crippen LogP contribution in [-0.2, 0) is 37.6 Å². The van der Waals surface area contributed by atoms with Gasteiger partial charge in [-0.25, -0.2) is 4.79 Å². The summed E-state index contributed by atoms with van der Waals surface area (Å²) in [7, 11) is 2.33. The monoisotopic (exact) mass is 542 g/mol. The highest BCUT2D eigenvalue weighted by molar-refractivity contribution is 5.85. The Morgan fingerprint density at radius 2 is 1.45 bits per heavy atom.